The second kappa shape index (κ2) is 9.75. The molecule has 1 aromatic rings. The fraction of sp³-hybridized carbons (Fsp3) is 0.833. The van der Waals surface area contributed by atoms with E-state index < -0.39 is 0 Å². The monoisotopic (exact) mass is 576 g/mol. The molecule has 0 spiro atoms. The molecule has 2 saturated heterocycles. The SMILES string of the molecule is PC(c1ccccc1CP(C12CC3CC(CC(C3)C1)C2)C12CC3CC(CC(C3)C1)C2)(C1CCCN1)C1CCCN1. The van der Waals surface area contributed by atoms with Crippen molar-refractivity contribution in [2.45, 2.75) is 136 Å². The summed E-state index contributed by atoms with van der Waals surface area (Å²) in [7, 11) is 3.51. The minimum absolute atomic E-state index is 0.0229. The molecule has 0 amide bonds. The summed E-state index contributed by atoms with van der Waals surface area (Å²) < 4.78 is 0. The molecule has 2 nitrogen and oxygen atoms in total. The third kappa shape index (κ3) is 4.07. The highest BCUT2D eigenvalue weighted by molar-refractivity contribution is 7.60. The highest BCUT2D eigenvalue weighted by atomic mass is 31.1. The van der Waals surface area contributed by atoms with Gasteiger partial charge in [-0.2, -0.15) is 0 Å². The average molecular weight is 577 g/mol. The van der Waals surface area contributed by atoms with Gasteiger partial charge in [-0.1, -0.05) is 32.2 Å². The smallest absolute Gasteiger partial charge is 0.0405 e. The zero-order chi connectivity index (χ0) is 26.5. The minimum Gasteiger partial charge on any atom is -0.313 e. The van der Waals surface area contributed by atoms with Crippen LogP contribution in [-0.2, 0) is 11.3 Å². The van der Waals surface area contributed by atoms with E-state index in [9.17, 15) is 0 Å². The summed E-state index contributed by atoms with van der Waals surface area (Å²) in [5, 5.41) is 9.57. The van der Waals surface area contributed by atoms with Crippen LogP contribution in [0.1, 0.15) is 114 Å². The van der Waals surface area contributed by atoms with Crippen molar-refractivity contribution in [3.8, 4) is 0 Å². The van der Waals surface area contributed by atoms with Crippen molar-refractivity contribution >= 4 is 17.2 Å². The van der Waals surface area contributed by atoms with Crippen LogP contribution in [0.2, 0.25) is 0 Å². The van der Waals surface area contributed by atoms with Crippen LogP contribution in [-0.4, -0.2) is 35.5 Å². The maximum absolute atomic E-state index is 4.01. The molecule has 218 valence electrons. The Labute approximate surface area is 247 Å². The second-order valence-corrected chi connectivity index (χ2v) is 20.8. The third-order valence-corrected chi connectivity index (χ3v) is 19.4. The van der Waals surface area contributed by atoms with E-state index in [0.29, 0.717) is 22.4 Å². The van der Waals surface area contributed by atoms with E-state index >= 15 is 0 Å². The molecular formula is C36H54N2P2. The number of rotatable bonds is 7. The Kier molecular flexibility index (Phi) is 6.44. The summed E-state index contributed by atoms with van der Waals surface area (Å²) in [5.74, 6) is 6.45. The zero-order valence-corrected chi connectivity index (χ0v) is 26.9. The van der Waals surface area contributed by atoms with E-state index in [0.717, 1.165) is 35.5 Å². The molecule has 2 aliphatic heterocycles. The first kappa shape index (κ1) is 26.4. The molecule has 2 heterocycles. The van der Waals surface area contributed by atoms with Crippen molar-refractivity contribution in [2.24, 2.45) is 35.5 Å². The van der Waals surface area contributed by atoms with Gasteiger partial charge in [-0.3, -0.25) is 0 Å². The van der Waals surface area contributed by atoms with Gasteiger partial charge in [0, 0.05) is 17.2 Å². The van der Waals surface area contributed by atoms with Crippen LogP contribution in [0.3, 0.4) is 0 Å². The van der Waals surface area contributed by atoms with E-state index in [1.807, 2.05) is 0 Å². The minimum atomic E-state index is -0.0229. The van der Waals surface area contributed by atoms with Gasteiger partial charge in [0.25, 0.3) is 0 Å². The van der Waals surface area contributed by atoms with Gasteiger partial charge in [-0.05, 0) is 179 Å². The molecule has 0 radical (unpaired) electrons. The Morgan fingerprint density at radius 2 is 1.10 bits per heavy atom. The van der Waals surface area contributed by atoms with Crippen LogP contribution < -0.4 is 10.6 Å². The van der Waals surface area contributed by atoms with Crippen LogP contribution in [0.15, 0.2) is 24.3 Å². The predicted octanol–water partition coefficient (Wildman–Crippen LogP) is 8.18. The predicted molar refractivity (Wildman–Crippen MR) is 172 cm³/mol. The van der Waals surface area contributed by atoms with Crippen LogP contribution in [0.25, 0.3) is 0 Å². The van der Waals surface area contributed by atoms with Crippen molar-refractivity contribution in [1.29, 1.82) is 0 Å². The quantitative estimate of drug-likeness (QED) is 0.320. The molecule has 8 bridgehead atoms. The van der Waals surface area contributed by atoms with Crippen molar-refractivity contribution < 1.29 is 0 Å². The molecule has 11 rings (SSSR count). The fourth-order valence-corrected chi connectivity index (χ4v) is 19.7. The Bertz CT molecular complexity index is 987. The van der Waals surface area contributed by atoms with Gasteiger partial charge in [0.15, 0.2) is 0 Å². The maximum atomic E-state index is 4.01. The van der Waals surface area contributed by atoms with Gasteiger partial charge in [-0.15, -0.1) is 9.24 Å². The Morgan fingerprint density at radius 1 is 0.675 bits per heavy atom. The second-order valence-electron chi connectivity index (χ2n) is 16.8. The van der Waals surface area contributed by atoms with Gasteiger partial charge < -0.3 is 10.6 Å². The van der Waals surface area contributed by atoms with Crippen molar-refractivity contribution in [3.05, 3.63) is 35.4 Å². The summed E-state index contributed by atoms with van der Waals surface area (Å²) in [4.78, 5) is 0. The van der Waals surface area contributed by atoms with Gasteiger partial charge >= 0.3 is 0 Å². The Morgan fingerprint density at radius 3 is 1.50 bits per heavy atom. The lowest BCUT2D eigenvalue weighted by Crippen LogP contribution is -2.56. The Hall–Kier alpha value is -0.0000000000000000416. The molecule has 2 N–H and O–H groups in total. The lowest BCUT2D eigenvalue weighted by atomic mass is 9.55. The number of benzene rings is 1. The van der Waals surface area contributed by atoms with Crippen molar-refractivity contribution in [1.82, 2.24) is 10.6 Å². The molecule has 8 aliphatic carbocycles. The molecule has 8 saturated carbocycles. The standard InChI is InChI=1S/C36H54N2P2/c39-36(32-7-3-9-37-32,33-8-4-10-38-33)31-6-2-1-5-30(31)23-40(34-17-24-11-25(18-34)13-26(12-24)19-34)35-20-27-14-28(21-35)16-29(15-27)22-35/h1-2,5-6,24-29,32-33,37-38H,3-4,7-23,39H2. The maximum Gasteiger partial charge on any atom is 0.0405 e. The first-order valence-electron chi connectivity index (χ1n) is 17.6. The summed E-state index contributed by atoms with van der Waals surface area (Å²) >= 11 is 0. The first-order chi connectivity index (χ1) is 19.5. The highest BCUT2D eigenvalue weighted by Crippen LogP contribution is 2.79. The molecule has 4 heteroatoms. The van der Waals surface area contributed by atoms with E-state index in [1.165, 1.54) is 44.9 Å². The molecule has 1 aromatic carbocycles. The van der Waals surface area contributed by atoms with Crippen LogP contribution in [0, 0.1) is 35.5 Å². The van der Waals surface area contributed by atoms with Gasteiger partial charge in [-0.25, -0.2) is 0 Å². The molecular weight excluding hydrogens is 522 g/mol. The van der Waals surface area contributed by atoms with Crippen LogP contribution in [0.4, 0.5) is 0 Å². The first-order valence-corrected chi connectivity index (χ1v) is 19.7. The lowest BCUT2D eigenvalue weighted by molar-refractivity contribution is 0.0184. The van der Waals surface area contributed by atoms with Gasteiger partial charge in [0.05, 0.1) is 0 Å². The number of hydrogen-bond donors (Lipinski definition) is 2. The van der Waals surface area contributed by atoms with Crippen LogP contribution in [0.5, 0.6) is 0 Å². The van der Waals surface area contributed by atoms with Crippen molar-refractivity contribution in [2.75, 3.05) is 13.1 Å². The van der Waals surface area contributed by atoms with Gasteiger partial charge in [0.1, 0.15) is 0 Å². The average Bonchev–Trinajstić information content (AvgIpc) is 3.66. The van der Waals surface area contributed by atoms with E-state index in [-0.39, 0.29) is 13.1 Å². The van der Waals surface area contributed by atoms with E-state index in [4.69, 9.17) is 0 Å². The molecule has 0 aromatic heterocycles. The van der Waals surface area contributed by atoms with Crippen LogP contribution >= 0.6 is 17.2 Å². The summed E-state index contributed by atoms with van der Waals surface area (Å²) in [6.45, 7) is 2.39. The Balaban J connectivity index is 1.15. The lowest BCUT2D eigenvalue weighted by Gasteiger charge is -2.67. The van der Waals surface area contributed by atoms with E-state index in [2.05, 4.69) is 44.1 Å². The molecule has 10 fully saturated rings. The third-order valence-electron chi connectivity index (χ3n) is 14.2. The highest BCUT2D eigenvalue weighted by Gasteiger charge is 2.62. The molecule has 3 atom stereocenters. The fourth-order valence-electron chi connectivity index (χ4n) is 13.7. The molecule has 40 heavy (non-hydrogen) atoms. The van der Waals surface area contributed by atoms with Crippen molar-refractivity contribution in [3.63, 3.8) is 0 Å². The largest absolute Gasteiger partial charge is 0.313 e. The summed E-state index contributed by atoms with van der Waals surface area (Å²) in [5.41, 5.74) is 3.48. The molecule has 10 aliphatic rings. The van der Waals surface area contributed by atoms with Gasteiger partial charge in [0.2, 0.25) is 0 Å². The van der Waals surface area contributed by atoms with E-state index in [1.54, 1.807) is 88.2 Å². The number of nitrogens with one attached hydrogen (secondary N) is 2. The number of hydrogen-bond acceptors (Lipinski definition) is 2. The topological polar surface area (TPSA) is 24.1 Å². The summed E-state index contributed by atoms with van der Waals surface area (Å²) in [6.07, 6.45) is 26.0. The zero-order valence-electron chi connectivity index (χ0n) is 24.9. The normalized spacial score (nSPS) is 49.0. The molecule has 3 unspecified atom stereocenters. The summed E-state index contributed by atoms with van der Waals surface area (Å²) in [6, 6.07) is 11.2.